The van der Waals surface area contributed by atoms with Gasteiger partial charge in [-0.3, -0.25) is 0 Å². The van der Waals surface area contributed by atoms with Gasteiger partial charge in [0.05, 0.1) is 27.0 Å². The molecule has 0 aliphatic heterocycles. The third kappa shape index (κ3) is 3.18. The van der Waals surface area contributed by atoms with Gasteiger partial charge in [-0.25, -0.2) is 0 Å². The van der Waals surface area contributed by atoms with Crippen LogP contribution in [0.1, 0.15) is 11.1 Å². The molecule has 98 valence electrons. The van der Waals surface area contributed by atoms with Gasteiger partial charge in [0, 0.05) is 0 Å². The van der Waals surface area contributed by atoms with Crippen LogP contribution in [0, 0.1) is 6.92 Å². The Balaban J connectivity index is 2.44. The minimum absolute atomic E-state index is 0.247. The quantitative estimate of drug-likeness (QED) is 0.808. The number of aryl methyl sites for hydroxylation is 1. The van der Waals surface area contributed by atoms with Crippen molar-refractivity contribution in [3.63, 3.8) is 0 Å². The van der Waals surface area contributed by atoms with Crippen molar-refractivity contribution in [1.29, 1.82) is 0 Å². The fraction of sp³-hybridized carbons (Fsp3) is 0.0714. The SMILES string of the molecule is Cc1ccc(Nc2cccc(Cl)c2C(N)=S)c(Cl)c1. The van der Waals surface area contributed by atoms with E-state index < -0.39 is 0 Å². The highest BCUT2D eigenvalue weighted by atomic mass is 35.5. The predicted molar refractivity (Wildman–Crippen MR) is 86.8 cm³/mol. The molecule has 0 aromatic heterocycles. The molecule has 2 aromatic carbocycles. The molecule has 5 heteroatoms. The summed E-state index contributed by atoms with van der Waals surface area (Å²) in [5.41, 5.74) is 8.95. The number of nitrogens with two attached hydrogens (primary N) is 1. The second-order valence-electron chi connectivity index (χ2n) is 4.13. The number of hydrogen-bond acceptors (Lipinski definition) is 2. The normalized spacial score (nSPS) is 10.3. The molecule has 2 rings (SSSR count). The van der Waals surface area contributed by atoms with E-state index in [0.29, 0.717) is 15.6 Å². The second kappa shape index (κ2) is 5.78. The minimum Gasteiger partial charge on any atom is -0.389 e. The van der Waals surface area contributed by atoms with Gasteiger partial charge in [0.1, 0.15) is 4.99 Å². The summed E-state index contributed by atoms with van der Waals surface area (Å²) in [6.07, 6.45) is 0. The highest BCUT2D eigenvalue weighted by molar-refractivity contribution is 7.80. The zero-order chi connectivity index (χ0) is 14.0. The molecule has 0 unspecified atom stereocenters. The smallest absolute Gasteiger partial charge is 0.107 e. The second-order valence-corrected chi connectivity index (χ2v) is 5.39. The monoisotopic (exact) mass is 310 g/mol. The van der Waals surface area contributed by atoms with Gasteiger partial charge in [0.2, 0.25) is 0 Å². The number of benzene rings is 2. The van der Waals surface area contributed by atoms with E-state index in [4.69, 9.17) is 41.2 Å². The van der Waals surface area contributed by atoms with Crippen molar-refractivity contribution in [2.75, 3.05) is 5.32 Å². The Hall–Kier alpha value is -1.29. The lowest BCUT2D eigenvalue weighted by molar-refractivity contribution is 1.45. The largest absolute Gasteiger partial charge is 0.389 e. The Bertz CT molecular complexity index is 641. The maximum atomic E-state index is 6.19. The average molecular weight is 311 g/mol. The van der Waals surface area contributed by atoms with Crippen LogP contribution in [0.4, 0.5) is 11.4 Å². The van der Waals surface area contributed by atoms with Crippen LogP contribution >= 0.6 is 35.4 Å². The third-order valence-electron chi connectivity index (χ3n) is 2.65. The van der Waals surface area contributed by atoms with Crippen molar-refractivity contribution in [3.8, 4) is 0 Å². The van der Waals surface area contributed by atoms with Crippen molar-refractivity contribution in [2.24, 2.45) is 5.73 Å². The maximum absolute atomic E-state index is 6.19. The lowest BCUT2D eigenvalue weighted by Crippen LogP contribution is -2.12. The molecule has 0 radical (unpaired) electrons. The van der Waals surface area contributed by atoms with Crippen LogP contribution in [0.15, 0.2) is 36.4 Å². The van der Waals surface area contributed by atoms with E-state index in [1.807, 2.05) is 37.3 Å². The Kier molecular flexibility index (Phi) is 4.30. The zero-order valence-corrected chi connectivity index (χ0v) is 12.5. The summed E-state index contributed by atoms with van der Waals surface area (Å²) in [4.78, 5) is 0.247. The van der Waals surface area contributed by atoms with Gasteiger partial charge in [-0.05, 0) is 36.8 Å². The van der Waals surface area contributed by atoms with E-state index in [2.05, 4.69) is 5.32 Å². The molecule has 0 fully saturated rings. The van der Waals surface area contributed by atoms with E-state index in [0.717, 1.165) is 16.9 Å². The summed E-state index contributed by atoms with van der Waals surface area (Å²) in [6.45, 7) is 1.98. The molecule has 3 N–H and O–H groups in total. The summed E-state index contributed by atoms with van der Waals surface area (Å²) >= 11 is 17.3. The van der Waals surface area contributed by atoms with Gasteiger partial charge in [-0.2, -0.15) is 0 Å². The van der Waals surface area contributed by atoms with Gasteiger partial charge in [-0.15, -0.1) is 0 Å². The molecule has 2 aromatic rings. The van der Waals surface area contributed by atoms with Crippen LogP contribution in [0.2, 0.25) is 10.0 Å². The lowest BCUT2D eigenvalue weighted by Gasteiger charge is -2.14. The first-order valence-electron chi connectivity index (χ1n) is 5.60. The molecule has 0 saturated heterocycles. The molecule has 0 spiro atoms. The number of thiocarbonyl (C=S) groups is 1. The van der Waals surface area contributed by atoms with E-state index in [1.165, 1.54) is 0 Å². The van der Waals surface area contributed by atoms with Crippen LogP contribution in [0.25, 0.3) is 0 Å². The van der Waals surface area contributed by atoms with Crippen molar-refractivity contribution in [2.45, 2.75) is 6.92 Å². The molecular formula is C14H12Cl2N2S. The molecule has 0 saturated carbocycles. The Morgan fingerprint density at radius 2 is 1.84 bits per heavy atom. The number of nitrogens with one attached hydrogen (secondary N) is 1. The first kappa shape index (κ1) is 14.1. The topological polar surface area (TPSA) is 38.0 Å². The first-order valence-corrected chi connectivity index (χ1v) is 6.77. The highest BCUT2D eigenvalue weighted by Crippen LogP contribution is 2.30. The zero-order valence-electron chi connectivity index (χ0n) is 10.2. The summed E-state index contributed by atoms with van der Waals surface area (Å²) in [5.74, 6) is 0. The van der Waals surface area contributed by atoms with Crippen molar-refractivity contribution in [1.82, 2.24) is 0 Å². The third-order valence-corrected chi connectivity index (χ3v) is 3.49. The van der Waals surface area contributed by atoms with Gasteiger partial charge >= 0.3 is 0 Å². The Morgan fingerprint density at radius 3 is 2.47 bits per heavy atom. The van der Waals surface area contributed by atoms with E-state index in [-0.39, 0.29) is 4.99 Å². The van der Waals surface area contributed by atoms with Gasteiger partial charge in [-0.1, -0.05) is 47.6 Å². The number of hydrogen-bond donors (Lipinski definition) is 2. The fourth-order valence-electron chi connectivity index (χ4n) is 1.75. The van der Waals surface area contributed by atoms with Crippen LogP contribution in [0.5, 0.6) is 0 Å². The van der Waals surface area contributed by atoms with E-state index in [1.54, 1.807) is 6.07 Å². The van der Waals surface area contributed by atoms with Crippen molar-refractivity contribution in [3.05, 3.63) is 57.6 Å². The Labute approximate surface area is 127 Å². The molecule has 0 atom stereocenters. The number of anilines is 2. The van der Waals surface area contributed by atoms with E-state index >= 15 is 0 Å². The fourth-order valence-corrected chi connectivity index (χ4v) is 2.58. The minimum atomic E-state index is 0.247. The molecule has 0 aliphatic rings. The van der Waals surface area contributed by atoms with Crippen molar-refractivity contribution < 1.29 is 0 Å². The van der Waals surface area contributed by atoms with Crippen LogP contribution < -0.4 is 11.1 Å². The molecule has 19 heavy (non-hydrogen) atoms. The van der Waals surface area contributed by atoms with Gasteiger partial charge < -0.3 is 11.1 Å². The molecular weight excluding hydrogens is 299 g/mol. The summed E-state index contributed by atoms with van der Waals surface area (Å²) in [7, 11) is 0. The molecule has 0 amide bonds. The van der Waals surface area contributed by atoms with Crippen LogP contribution in [-0.4, -0.2) is 4.99 Å². The molecule has 0 bridgehead atoms. The number of halogens is 2. The standard InChI is InChI=1S/C14H12Cl2N2S/c1-8-5-6-11(10(16)7-8)18-12-4-2-3-9(15)13(12)14(17)19/h2-7,18H,1H3,(H2,17,19). The molecule has 0 heterocycles. The molecule has 2 nitrogen and oxygen atoms in total. The average Bonchev–Trinajstić information content (AvgIpc) is 2.32. The predicted octanol–water partition coefficient (Wildman–Crippen LogP) is 4.68. The van der Waals surface area contributed by atoms with Crippen LogP contribution in [-0.2, 0) is 0 Å². The van der Waals surface area contributed by atoms with Crippen molar-refractivity contribution >= 4 is 51.8 Å². The lowest BCUT2D eigenvalue weighted by atomic mass is 10.1. The number of rotatable bonds is 3. The van der Waals surface area contributed by atoms with Gasteiger partial charge in [0.25, 0.3) is 0 Å². The maximum Gasteiger partial charge on any atom is 0.107 e. The molecule has 0 aliphatic carbocycles. The highest BCUT2D eigenvalue weighted by Gasteiger charge is 2.11. The van der Waals surface area contributed by atoms with Gasteiger partial charge in [0.15, 0.2) is 0 Å². The van der Waals surface area contributed by atoms with E-state index in [9.17, 15) is 0 Å². The Morgan fingerprint density at radius 1 is 1.11 bits per heavy atom. The first-order chi connectivity index (χ1) is 8.99. The summed E-state index contributed by atoms with van der Waals surface area (Å²) < 4.78 is 0. The summed E-state index contributed by atoms with van der Waals surface area (Å²) in [6, 6.07) is 11.2. The van der Waals surface area contributed by atoms with Crippen LogP contribution in [0.3, 0.4) is 0 Å². The summed E-state index contributed by atoms with van der Waals surface area (Å²) in [5, 5.41) is 4.35.